The molecule has 0 spiro atoms. The molecule has 1 heterocycles. The predicted octanol–water partition coefficient (Wildman–Crippen LogP) is 4.01. The molecule has 3 rings (SSSR count). The van der Waals surface area contributed by atoms with E-state index < -0.39 is 0 Å². The molecule has 0 aliphatic carbocycles. The first-order chi connectivity index (χ1) is 12.6. The standard InChI is InChI=1S/C20H21N3O2S/c1-14(19(24)17-9-11-18(25-3)12-10-17)26-20-22-21-15(2)23(20)13-16-7-5-4-6-8-16/h4-12,14H,13H2,1-3H3/t14-/m1/s1. The van der Waals surface area contributed by atoms with Gasteiger partial charge in [0.2, 0.25) is 0 Å². The molecule has 2 aromatic carbocycles. The minimum Gasteiger partial charge on any atom is -0.497 e. The van der Waals surface area contributed by atoms with Crippen molar-refractivity contribution in [1.29, 1.82) is 0 Å². The molecule has 6 heteroatoms. The van der Waals surface area contributed by atoms with E-state index in [9.17, 15) is 4.79 Å². The summed E-state index contributed by atoms with van der Waals surface area (Å²) in [6.45, 7) is 4.51. The summed E-state index contributed by atoms with van der Waals surface area (Å²) in [6, 6.07) is 17.3. The van der Waals surface area contributed by atoms with Crippen molar-refractivity contribution in [2.75, 3.05) is 7.11 Å². The van der Waals surface area contributed by atoms with Gasteiger partial charge in [0.25, 0.3) is 0 Å². The molecule has 0 saturated carbocycles. The number of thioether (sulfide) groups is 1. The molecule has 0 aliphatic heterocycles. The van der Waals surface area contributed by atoms with Crippen LogP contribution in [0.2, 0.25) is 0 Å². The molecule has 0 unspecified atom stereocenters. The fourth-order valence-electron chi connectivity index (χ4n) is 2.60. The minimum absolute atomic E-state index is 0.0598. The van der Waals surface area contributed by atoms with Crippen molar-refractivity contribution < 1.29 is 9.53 Å². The van der Waals surface area contributed by atoms with Crippen molar-refractivity contribution in [1.82, 2.24) is 14.8 Å². The number of hydrogen-bond acceptors (Lipinski definition) is 5. The number of carbonyl (C=O) groups excluding carboxylic acids is 1. The van der Waals surface area contributed by atoms with Gasteiger partial charge in [-0.25, -0.2) is 0 Å². The van der Waals surface area contributed by atoms with Gasteiger partial charge in [-0.15, -0.1) is 10.2 Å². The number of ketones is 1. The van der Waals surface area contributed by atoms with Gasteiger partial charge in [0.1, 0.15) is 11.6 Å². The molecule has 0 saturated heterocycles. The van der Waals surface area contributed by atoms with E-state index in [0.717, 1.165) is 16.7 Å². The van der Waals surface area contributed by atoms with Crippen LogP contribution in [0, 0.1) is 6.92 Å². The lowest BCUT2D eigenvalue weighted by Crippen LogP contribution is -2.15. The maximum Gasteiger partial charge on any atom is 0.192 e. The third kappa shape index (κ3) is 4.14. The Balaban J connectivity index is 1.74. The summed E-state index contributed by atoms with van der Waals surface area (Å²) in [7, 11) is 1.61. The SMILES string of the molecule is COc1ccc(C(=O)[C@@H](C)Sc2nnc(C)n2Cc2ccccc2)cc1. The van der Waals surface area contributed by atoms with Crippen LogP contribution in [0.25, 0.3) is 0 Å². The van der Waals surface area contributed by atoms with Crippen LogP contribution in [0.3, 0.4) is 0 Å². The number of Topliss-reactive ketones (excluding diaryl/α,β-unsaturated/α-hetero) is 1. The Morgan fingerprint density at radius 3 is 2.46 bits per heavy atom. The first kappa shape index (κ1) is 18.2. The lowest BCUT2D eigenvalue weighted by Gasteiger charge is -2.12. The van der Waals surface area contributed by atoms with Crippen LogP contribution < -0.4 is 4.74 Å². The number of rotatable bonds is 7. The number of benzene rings is 2. The lowest BCUT2D eigenvalue weighted by atomic mass is 10.1. The molecule has 3 aromatic rings. The molecule has 0 N–H and O–H groups in total. The van der Waals surface area contributed by atoms with Gasteiger partial charge in [-0.05, 0) is 43.7 Å². The maximum atomic E-state index is 12.7. The van der Waals surface area contributed by atoms with Crippen LogP contribution in [-0.4, -0.2) is 32.9 Å². The summed E-state index contributed by atoms with van der Waals surface area (Å²) in [4.78, 5) is 12.7. The molecule has 0 aliphatic rings. The highest BCUT2D eigenvalue weighted by molar-refractivity contribution is 8.00. The van der Waals surface area contributed by atoms with E-state index in [1.807, 2.05) is 36.6 Å². The molecule has 0 amide bonds. The van der Waals surface area contributed by atoms with Crippen LogP contribution >= 0.6 is 11.8 Å². The highest BCUT2D eigenvalue weighted by Gasteiger charge is 2.20. The number of hydrogen-bond donors (Lipinski definition) is 0. The molecule has 5 nitrogen and oxygen atoms in total. The van der Waals surface area contributed by atoms with Gasteiger partial charge in [-0.1, -0.05) is 42.1 Å². The van der Waals surface area contributed by atoms with E-state index in [1.165, 1.54) is 17.3 Å². The van der Waals surface area contributed by atoms with Gasteiger partial charge >= 0.3 is 0 Å². The topological polar surface area (TPSA) is 57.0 Å². The Bertz CT molecular complexity index is 876. The quantitative estimate of drug-likeness (QED) is 0.466. The molecule has 1 atom stereocenters. The van der Waals surface area contributed by atoms with E-state index in [4.69, 9.17) is 4.74 Å². The van der Waals surface area contributed by atoms with E-state index in [1.54, 1.807) is 31.4 Å². The van der Waals surface area contributed by atoms with Gasteiger partial charge in [0.15, 0.2) is 10.9 Å². The zero-order chi connectivity index (χ0) is 18.5. The number of carbonyl (C=O) groups is 1. The smallest absolute Gasteiger partial charge is 0.192 e. The Kier molecular flexibility index (Phi) is 5.73. The summed E-state index contributed by atoms with van der Waals surface area (Å²) in [5, 5.41) is 8.93. The molecular formula is C20H21N3O2S. The summed E-state index contributed by atoms with van der Waals surface area (Å²) in [5.74, 6) is 1.63. The number of ether oxygens (including phenoxy) is 1. The average molecular weight is 367 g/mol. The second-order valence-corrected chi connectivity index (χ2v) is 7.26. The van der Waals surface area contributed by atoms with E-state index in [0.29, 0.717) is 12.1 Å². The highest BCUT2D eigenvalue weighted by atomic mass is 32.2. The fraction of sp³-hybridized carbons (Fsp3) is 0.250. The lowest BCUT2D eigenvalue weighted by molar-refractivity contribution is 0.0994. The predicted molar refractivity (Wildman–Crippen MR) is 103 cm³/mol. The number of nitrogens with zero attached hydrogens (tertiary/aromatic N) is 3. The van der Waals surface area contributed by atoms with Crippen molar-refractivity contribution in [3.05, 3.63) is 71.5 Å². The second kappa shape index (κ2) is 8.19. The van der Waals surface area contributed by atoms with Crippen molar-refractivity contribution >= 4 is 17.5 Å². The Hall–Kier alpha value is -2.60. The minimum atomic E-state index is -0.262. The number of methoxy groups -OCH3 is 1. The van der Waals surface area contributed by atoms with Crippen LogP contribution in [0.4, 0.5) is 0 Å². The van der Waals surface area contributed by atoms with Gasteiger partial charge in [-0.2, -0.15) is 0 Å². The summed E-state index contributed by atoms with van der Waals surface area (Å²) >= 11 is 1.43. The van der Waals surface area contributed by atoms with Crippen LogP contribution in [0.15, 0.2) is 59.8 Å². The van der Waals surface area contributed by atoms with Crippen LogP contribution in [0.1, 0.15) is 28.7 Å². The third-order valence-corrected chi connectivity index (χ3v) is 5.19. The van der Waals surface area contributed by atoms with E-state index >= 15 is 0 Å². The van der Waals surface area contributed by atoms with Crippen LogP contribution in [-0.2, 0) is 6.54 Å². The molecule has 0 bridgehead atoms. The highest BCUT2D eigenvalue weighted by Crippen LogP contribution is 2.26. The molecule has 0 radical (unpaired) electrons. The van der Waals surface area contributed by atoms with E-state index in [2.05, 4.69) is 22.3 Å². The van der Waals surface area contributed by atoms with Crippen LogP contribution in [0.5, 0.6) is 5.75 Å². The zero-order valence-corrected chi connectivity index (χ0v) is 15.9. The molecule has 26 heavy (non-hydrogen) atoms. The molecule has 134 valence electrons. The third-order valence-electron chi connectivity index (χ3n) is 4.11. The first-order valence-corrected chi connectivity index (χ1v) is 9.25. The van der Waals surface area contributed by atoms with Gasteiger partial charge in [0, 0.05) is 5.56 Å². The summed E-state index contributed by atoms with van der Waals surface area (Å²) in [6.07, 6.45) is 0. The second-order valence-electron chi connectivity index (χ2n) is 5.95. The Morgan fingerprint density at radius 1 is 1.12 bits per heavy atom. The van der Waals surface area contributed by atoms with Gasteiger partial charge in [0.05, 0.1) is 18.9 Å². The molecule has 1 aromatic heterocycles. The molecular weight excluding hydrogens is 346 g/mol. The maximum absolute atomic E-state index is 12.7. The molecule has 0 fully saturated rings. The Morgan fingerprint density at radius 2 is 1.81 bits per heavy atom. The van der Waals surface area contributed by atoms with E-state index in [-0.39, 0.29) is 11.0 Å². The van der Waals surface area contributed by atoms with Crippen molar-refractivity contribution in [2.24, 2.45) is 0 Å². The van der Waals surface area contributed by atoms with Gasteiger partial charge in [-0.3, -0.25) is 4.79 Å². The normalized spacial score (nSPS) is 12.0. The number of aromatic nitrogens is 3. The van der Waals surface area contributed by atoms with Crippen molar-refractivity contribution in [3.63, 3.8) is 0 Å². The van der Waals surface area contributed by atoms with Gasteiger partial charge < -0.3 is 9.30 Å². The number of aryl methyl sites for hydroxylation is 1. The fourth-order valence-corrected chi connectivity index (χ4v) is 3.57. The van der Waals surface area contributed by atoms with Crippen molar-refractivity contribution in [3.8, 4) is 5.75 Å². The Labute approximate surface area is 157 Å². The summed E-state index contributed by atoms with van der Waals surface area (Å²) in [5.41, 5.74) is 1.84. The summed E-state index contributed by atoms with van der Waals surface area (Å²) < 4.78 is 7.18. The first-order valence-electron chi connectivity index (χ1n) is 8.37. The average Bonchev–Trinajstić information content (AvgIpc) is 3.01. The monoisotopic (exact) mass is 367 g/mol. The van der Waals surface area contributed by atoms with Crippen molar-refractivity contribution in [2.45, 2.75) is 30.8 Å². The largest absolute Gasteiger partial charge is 0.497 e. The zero-order valence-electron chi connectivity index (χ0n) is 15.0.